The van der Waals surface area contributed by atoms with Gasteiger partial charge >= 0.3 is 0 Å². The van der Waals surface area contributed by atoms with Crippen LogP contribution in [0.3, 0.4) is 0 Å². The Morgan fingerprint density at radius 1 is 1.60 bits per heavy atom. The van der Waals surface area contributed by atoms with Crippen LogP contribution in [0.15, 0.2) is 0 Å². The van der Waals surface area contributed by atoms with Crippen molar-refractivity contribution in [3.05, 3.63) is 0 Å². The molecule has 1 saturated heterocycles. The van der Waals surface area contributed by atoms with Crippen molar-refractivity contribution in [1.82, 2.24) is 5.32 Å². The van der Waals surface area contributed by atoms with Gasteiger partial charge in [0.2, 0.25) is 5.91 Å². The molecule has 1 aliphatic heterocycles. The van der Waals surface area contributed by atoms with Gasteiger partial charge in [0.05, 0.1) is 17.5 Å². The molecule has 1 heterocycles. The Labute approximate surface area is 90.3 Å². The van der Waals surface area contributed by atoms with Gasteiger partial charge in [-0.3, -0.25) is 4.79 Å². The molecule has 1 aliphatic rings. The zero-order chi connectivity index (χ0) is 11.5. The summed E-state index contributed by atoms with van der Waals surface area (Å²) >= 11 is 0. The Kier molecular flexibility index (Phi) is 4.10. The highest BCUT2D eigenvalue weighted by molar-refractivity contribution is 7.91. The fourth-order valence-corrected chi connectivity index (χ4v) is 3.33. The van der Waals surface area contributed by atoms with Crippen LogP contribution in [0.4, 0.5) is 0 Å². The molecule has 5 nitrogen and oxygen atoms in total. The minimum atomic E-state index is -2.93. The van der Waals surface area contributed by atoms with Crippen LogP contribution >= 0.6 is 0 Å². The molecule has 1 amide bonds. The van der Waals surface area contributed by atoms with E-state index in [1.165, 1.54) is 0 Å². The largest absolute Gasteiger partial charge is 0.351 e. The average Bonchev–Trinajstić information content (AvgIpc) is 2.46. The van der Waals surface area contributed by atoms with E-state index < -0.39 is 15.9 Å². The molecule has 0 aromatic rings. The normalized spacial score (nSPS) is 26.1. The van der Waals surface area contributed by atoms with Gasteiger partial charge < -0.3 is 11.1 Å². The van der Waals surface area contributed by atoms with Crippen LogP contribution < -0.4 is 11.1 Å². The SMILES string of the molecule is CCCC(N)C(=O)NC1CCS(=O)(=O)C1. The molecular weight excluding hydrogens is 216 g/mol. The highest BCUT2D eigenvalue weighted by Gasteiger charge is 2.29. The van der Waals surface area contributed by atoms with E-state index in [1.54, 1.807) is 0 Å². The second-order valence-electron chi connectivity index (χ2n) is 4.00. The molecule has 1 rings (SSSR count). The van der Waals surface area contributed by atoms with Gasteiger partial charge in [-0.15, -0.1) is 0 Å². The van der Waals surface area contributed by atoms with Crippen LogP contribution in [0.2, 0.25) is 0 Å². The maximum Gasteiger partial charge on any atom is 0.237 e. The number of rotatable bonds is 4. The van der Waals surface area contributed by atoms with Crippen molar-refractivity contribution in [2.24, 2.45) is 5.73 Å². The lowest BCUT2D eigenvalue weighted by molar-refractivity contribution is -0.123. The van der Waals surface area contributed by atoms with Crippen LogP contribution in [0.25, 0.3) is 0 Å². The zero-order valence-electron chi connectivity index (χ0n) is 8.90. The summed E-state index contributed by atoms with van der Waals surface area (Å²) in [5, 5.41) is 2.68. The van der Waals surface area contributed by atoms with E-state index in [1.807, 2.05) is 6.92 Å². The van der Waals surface area contributed by atoms with Crippen LogP contribution in [0.5, 0.6) is 0 Å². The molecule has 0 aromatic carbocycles. The highest BCUT2D eigenvalue weighted by atomic mass is 32.2. The van der Waals surface area contributed by atoms with Crippen molar-refractivity contribution < 1.29 is 13.2 Å². The predicted molar refractivity (Wildman–Crippen MR) is 58.1 cm³/mol. The number of carbonyl (C=O) groups is 1. The Balaban J connectivity index is 2.40. The molecule has 15 heavy (non-hydrogen) atoms. The molecule has 6 heteroatoms. The minimum Gasteiger partial charge on any atom is -0.351 e. The number of sulfone groups is 1. The smallest absolute Gasteiger partial charge is 0.237 e. The molecule has 1 fully saturated rings. The first-order chi connectivity index (χ1) is 6.94. The van der Waals surface area contributed by atoms with E-state index in [0.717, 1.165) is 6.42 Å². The average molecular weight is 234 g/mol. The molecule has 0 bridgehead atoms. The molecule has 88 valence electrons. The minimum absolute atomic E-state index is 0.0532. The van der Waals surface area contributed by atoms with Gasteiger partial charge in [-0.1, -0.05) is 13.3 Å². The fraction of sp³-hybridized carbons (Fsp3) is 0.889. The molecule has 3 N–H and O–H groups in total. The van der Waals surface area contributed by atoms with E-state index in [4.69, 9.17) is 5.73 Å². The maximum absolute atomic E-state index is 11.5. The van der Waals surface area contributed by atoms with Crippen molar-refractivity contribution in [1.29, 1.82) is 0 Å². The highest BCUT2D eigenvalue weighted by Crippen LogP contribution is 2.11. The first-order valence-corrected chi connectivity index (χ1v) is 7.03. The summed E-state index contributed by atoms with van der Waals surface area (Å²) in [4.78, 5) is 11.5. The van der Waals surface area contributed by atoms with Crippen LogP contribution in [0, 0.1) is 0 Å². The summed E-state index contributed by atoms with van der Waals surface area (Å²) < 4.78 is 22.3. The van der Waals surface area contributed by atoms with Crippen molar-refractivity contribution >= 4 is 15.7 Å². The number of nitrogens with one attached hydrogen (secondary N) is 1. The second kappa shape index (κ2) is 4.94. The third kappa shape index (κ3) is 3.79. The molecular formula is C9H18N2O3S. The quantitative estimate of drug-likeness (QED) is 0.681. The number of hydrogen-bond donors (Lipinski definition) is 2. The topological polar surface area (TPSA) is 89.3 Å². The van der Waals surface area contributed by atoms with Crippen molar-refractivity contribution in [3.8, 4) is 0 Å². The lowest BCUT2D eigenvalue weighted by Crippen LogP contribution is -2.45. The van der Waals surface area contributed by atoms with Gasteiger partial charge in [0.1, 0.15) is 0 Å². The lowest BCUT2D eigenvalue weighted by atomic mass is 10.1. The lowest BCUT2D eigenvalue weighted by Gasteiger charge is -2.15. The first-order valence-electron chi connectivity index (χ1n) is 5.21. The number of nitrogens with two attached hydrogens (primary N) is 1. The Hall–Kier alpha value is -0.620. The van der Waals surface area contributed by atoms with Gasteiger partial charge in [-0.05, 0) is 12.8 Å². The van der Waals surface area contributed by atoms with Crippen LogP contribution in [0.1, 0.15) is 26.2 Å². The predicted octanol–water partition coefficient (Wildman–Crippen LogP) is -0.583. The number of hydrogen-bond acceptors (Lipinski definition) is 4. The van der Waals surface area contributed by atoms with Crippen molar-refractivity contribution in [3.63, 3.8) is 0 Å². The van der Waals surface area contributed by atoms with Gasteiger partial charge in [0.25, 0.3) is 0 Å². The Morgan fingerprint density at radius 3 is 2.73 bits per heavy atom. The standard InChI is InChI=1S/C9H18N2O3S/c1-2-3-8(10)9(12)11-7-4-5-15(13,14)6-7/h7-8H,2-6,10H2,1H3,(H,11,12). The summed E-state index contributed by atoms with van der Waals surface area (Å²) in [6.45, 7) is 1.95. The third-order valence-corrected chi connectivity index (χ3v) is 4.28. The number of amides is 1. The van der Waals surface area contributed by atoms with Gasteiger partial charge in [0.15, 0.2) is 9.84 Å². The van der Waals surface area contributed by atoms with Crippen LogP contribution in [-0.4, -0.2) is 37.9 Å². The molecule has 0 radical (unpaired) electrons. The second-order valence-corrected chi connectivity index (χ2v) is 6.23. The molecule has 2 atom stereocenters. The first kappa shape index (κ1) is 12.4. The summed E-state index contributed by atoms with van der Waals surface area (Å²) in [5.74, 6) is -0.0163. The Bertz CT molecular complexity index is 326. The molecule has 2 unspecified atom stereocenters. The van der Waals surface area contributed by atoms with E-state index in [2.05, 4.69) is 5.32 Å². The number of carbonyl (C=O) groups excluding carboxylic acids is 1. The summed E-state index contributed by atoms with van der Waals surface area (Å²) in [6, 6.07) is -0.760. The third-order valence-electron chi connectivity index (χ3n) is 2.52. The van der Waals surface area contributed by atoms with E-state index in [-0.39, 0.29) is 23.5 Å². The monoisotopic (exact) mass is 234 g/mol. The molecule has 0 aromatic heterocycles. The summed E-state index contributed by atoms with van der Waals surface area (Å²) in [6.07, 6.45) is 1.98. The molecule has 0 spiro atoms. The van der Waals surface area contributed by atoms with Gasteiger partial charge in [0, 0.05) is 6.04 Å². The fourth-order valence-electron chi connectivity index (χ4n) is 1.66. The van der Waals surface area contributed by atoms with Crippen LogP contribution in [-0.2, 0) is 14.6 Å². The van der Waals surface area contributed by atoms with E-state index in [0.29, 0.717) is 12.8 Å². The summed E-state index contributed by atoms with van der Waals surface area (Å²) in [5.41, 5.74) is 5.61. The maximum atomic E-state index is 11.5. The van der Waals surface area contributed by atoms with E-state index >= 15 is 0 Å². The Morgan fingerprint density at radius 2 is 2.27 bits per heavy atom. The summed E-state index contributed by atoms with van der Waals surface area (Å²) in [7, 11) is -2.93. The zero-order valence-corrected chi connectivity index (χ0v) is 9.72. The molecule has 0 aliphatic carbocycles. The molecule has 0 saturated carbocycles. The van der Waals surface area contributed by atoms with Gasteiger partial charge in [-0.2, -0.15) is 0 Å². The van der Waals surface area contributed by atoms with Crippen molar-refractivity contribution in [2.75, 3.05) is 11.5 Å². The van der Waals surface area contributed by atoms with Crippen molar-refractivity contribution in [2.45, 2.75) is 38.3 Å². The van der Waals surface area contributed by atoms with Gasteiger partial charge in [-0.25, -0.2) is 8.42 Å². The van der Waals surface area contributed by atoms with E-state index in [9.17, 15) is 13.2 Å².